The van der Waals surface area contributed by atoms with E-state index in [1.54, 1.807) is 0 Å². The number of rotatable bonds is 4. The predicted octanol–water partition coefficient (Wildman–Crippen LogP) is -0.368. The Balaban J connectivity index is 2.18. The van der Waals surface area contributed by atoms with Crippen LogP contribution in [0, 0.1) is 0 Å². The third-order valence-corrected chi connectivity index (χ3v) is 3.86. The maximum atomic E-state index is 11.3. The number of hydrogen-bond acceptors (Lipinski definition) is 5. The number of nitrogens with two attached hydrogens (primary N) is 1. The first-order valence-corrected chi connectivity index (χ1v) is 7.43. The van der Waals surface area contributed by atoms with Crippen LogP contribution in [0.15, 0.2) is 42.2 Å². The lowest BCUT2D eigenvalue weighted by molar-refractivity contribution is -0.118. The van der Waals surface area contributed by atoms with Gasteiger partial charge in [-0.3, -0.25) is 9.35 Å². The Morgan fingerprint density at radius 3 is 2.55 bits per heavy atom. The molecule has 1 aliphatic heterocycles. The lowest BCUT2D eigenvalue weighted by Crippen LogP contribution is -2.56. The van der Waals surface area contributed by atoms with Gasteiger partial charge in [-0.25, -0.2) is 0 Å². The molecule has 1 atom stereocenters. The fourth-order valence-corrected chi connectivity index (χ4v) is 2.78. The number of amides is 1. The molecule has 0 saturated heterocycles. The van der Waals surface area contributed by atoms with Crippen molar-refractivity contribution in [3.8, 4) is 0 Å². The van der Waals surface area contributed by atoms with Crippen molar-refractivity contribution in [1.82, 2.24) is 10.2 Å². The number of nitrogens with zero attached hydrogens (tertiary/aromatic N) is 1. The van der Waals surface area contributed by atoms with Crippen molar-refractivity contribution in [2.24, 2.45) is 5.73 Å². The van der Waals surface area contributed by atoms with Gasteiger partial charge in [0.05, 0.1) is 0 Å². The highest BCUT2D eigenvalue weighted by molar-refractivity contribution is 7.86. The van der Waals surface area contributed by atoms with Crippen LogP contribution in [0.5, 0.6) is 0 Å². The molecular formula is C12H15N3O4S. The fraction of sp³-hybridized carbons (Fsp3) is 0.250. The zero-order valence-electron chi connectivity index (χ0n) is 10.6. The molecule has 0 saturated carbocycles. The molecule has 0 bridgehead atoms. The topological polar surface area (TPSA) is 113 Å². The molecule has 1 amide bonds. The van der Waals surface area contributed by atoms with Crippen LogP contribution in [0.1, 0.15) is 5.56 Å². The molecule has 0 radical (unpaired) electrons. The molecule has 0 fully saturated rings. The molecule has 1 aliphatic rings. The summed E-state index contributed by atoms with van der Waals surface area (Å²) in [4.78, 5) is 12.5. The summed E-state index contributed by atoms with van der Waals surface area (Å²) in [6.45, 7) is 0.247. The van der Waals surface area contributed by atoms with Crippen molar-refractivity contribution in [2.45, 2.75) is 11.9 Å². The largest absolute Gasteiger partial charge is 0.385 e. The Morgan fingerprint density at radius 2 is 1.95 bits per heavy atom. The Bertz CT molecular complexity index is 627. The van der Waals surface area contributed by atoms with Gasteiger partial charge in [0.25, 0.3) is 0 Å². The predicted molar refractivity (Wildman–Crippen MR) is 72.6 cm³/mol. The van der Waals surface area contributed by atoms with E-state index in [0.29, 0.717) is 6.42 Å². The second-order valence-electron chi connectivity index (χ2n) is 4.37. The van der Waals surface area contributed by atoms with Gasteiger partial charge in [-0.1, -0.05) is 30.3 Å². The van der Waals surface area contributed by atoms with Crippen LogP contribution in [-0.4, -0.2) is 35.8 Å². The molecule has 7 nitrogen and oxygen atoms in total. The van der Waals surface area contributed by atoms with E-state index in [2.05, 4.69) is 5.32 Å². The summed E-state index contributed by atoms with van der Waals surface area (Å²) < 4.78 is 31.8. The van der Waals surface area contributed by atoms with E-state index in [4.69, 9.17) is 5.73 Å². The highest BCUT2D eigenvalue weighted by Crippen LogP contribution is 2.14. The molecule has 1 heterocycles. The molecule has 1 unspecified atom stereocenters. The quantitative estimate of drug-likeness (QED) is 0.654. The van der Waals surface area contributed by atoms with Crippen LogP contribution in [0.25, 0.3) is 0 Å². The SMILES string of the molecule is NC1=CC(=O)NC(S(=O)(=O)O)N1CCc1ccccc1. The van der Waals surface area contributed by atoms with Gasteiger partial charge in [-0.05, 0) is 12.0 Å². The maximum Gasteiger partial charge on any atom is 0.306 e. The summed E-state index contributed by atoms with van der Waals surface area (Å²) >= 11 is 0. The fourth-order valence-electron chi connectivity index (χ4n) is 1.97. The van der Waals surface area contributed by atoms with Crippen molar-refractivity contribution >= 4 is 16.0 Å². The van der Waals surface area contributed by atoms with E-state index < -0.39 is 21.5 Å². The normalized spacial score (nSPS) is 19.4. The summed E-state index contributed by atoms with van der Waals surface area (Å²) in [7, 11) is -4.47. The van der Waals surface area contributed by atoms with Crippen molar-refractivity contribution in [1.29, 1.82) is 0 Å². The zero-order chi connectivity index (χ0) is 14.8. The van der Waals surface area contributed by atoms with Gasteiger partial charge in [0.15, 0.2) is 0 Å². The third-order valence-electron chi connectivity index (χ3n) is 2.93. The Labute approximate surface area is 116 Å². The highest BCUT2D eigenvalue weighted by atomic mass is 32.2. The molecule has 4 N–H and O–H groups in total. The number of hydrogen-bond donors (Lipinski definition) is 3. The van der Waals surface area contributed by atoms with Gasteiger partial charge >= 0.3 is 10.1 Å². The maximum absolute atomic E-state index is 11.3. The van der Waals surface area contributed by atoms with E-state index in [9.17, 15) is 17.8 Å². The lowest BCUT2D eigenvalue weighted by Gasteiger charge is -2.34. The van der Waals surface area contributed by atoms with E-state index in [1.807, 2.05) is 30.3 Å². The van der Waals surface area contributed by atoms with Crippen molar-refractivity contribution in [3.05, 3.63) is 47.8 Å². The van der Waals surface area contributed by atoms with E-state index in [-0.39, 0.29) is 12.4 Å². The molecule has 0 spiro atoms. The number of nitrogens with one attached hydrogen (secondary N) is 1. The monoisotopic (exact) mass is 297 g/mol. The Morgan fingerprint density at radius 1 is 1.30 bits per heavy atom. The van der Waals surface area contributed by atoms with Gasteiger partial charge in [-0.15, -0.1) is 0 Å². The van der Waals surface area contributed by atoms with Gasteiger partial charge < -0.3 is 16.0 Å². The average molecular weight is 297 g/mol. The summed E-state index contributed by atoms with van der Waals surface area (Å²) in [5.74, 6) is -0.645. The Hall–Kier alpha value is -2.06. The first kappa shape index (κ1) is 14.4. The smallest absolute Gasteiger partial charge is 0.306 e. The first-order chi connectivity index (χ1) is 9.38. The van der Waals surface area contributed by atoms with E-state index >= 15 is 0 Å². The van der Waals surface area contributed by atoms with Crippen molar-refractivity contribution in [2.75, 3.05) is 6.54 Å². The second-order valence-corrected chi connectivity index (χ2v) is 5.85. The summed E-state index contributed by atoms with van der Waals surface area (Å²) in [5.41, 5.74) is 5.11. The molecule has 108 valence electrons. The standard InChI is InChI=1S/C12H15N3O4S/c13-10-8-11(16)14-12(20(17,18)19)15(10)7-6-9-4-2-1-3-5-9/h1-5,8,12H,6-7,13H2,(H,14,16)(H,17,18,19). The van der Waals surface area contributed by atoms with Gasteiger partial charge in [-0.2, -0.15) is 8.42 Å². The van der Waals surface area contributed by atoms with Crippen molar-refractivity contribution in [3.63, 3.8) is 0 Å². The number of benzene rings is 1. The molecule has 0 aromatic heterocycles. The van der Waals surface area contributed by atoms with Crippen molar-refractivity contribution < 1.29 is 17.8 Å². The Kier molecular flexibility index (Phi) is 3.96. The molecule has 1 aromatic rings. The molecule has 1 aromatic carbocycles. The minimum absolute atomic E-state index is 0.00676. The lowest BCUT2D eigenvalue weighted by atomic mass is 10.1. The van der Waals surface area contributed by atoms with E-state index in [0.717, 1.165) is 11.6 Å². The summed E-state index contributed by atoms with van der Waals surface area (Å²) in [6, 6.07) is 9.40. The molecular weight excluding hydrogens is 282 g/mol. The van der Waals surface area contributed by atoms with Gasteiger partial charge in [0.2, 0.25) is 11.4 Å². The van der Waals surface area contributed by atoms with Crippen LogP contribution < -0.4 is 11.1 Å². The average Bonchev–Trinajstić information content (AvgIpc) is 2.37. The van der Waals surface area contributed by atoms with Crippen LogP contribution >= 0.6 is 0 Å². The van der Waals surface area contributed by atoms with Crippen LogP contribution in [-0.2, 0) is 21.3 Å². The minimum atomic E-state index is -4.47. The third kappa shape index (κ3) is 3.28. The molecule has 0 aliphatic carbocycles. The summed E-state index contributed by atoms with van der Waals surface area (Å²) in [5, 5.41) is 2.17. The molecule has 8 heteroatoms. The summed E-state index contributed by atoms with van der Waals surface area (Å²) in [6.07, 6.45) is 1.62. The first-order valence-electron chi connectivity index (χ1n) is 5.92. The minimum Gasteiger partial charge on any atom is -0.385 e. The van der Waals surface area contributed by atoms with Crippen LogP contribution in [0.3, 0.4) is 0 Å². The van der Waals surface area contributed by atoms with Gasteiger partial charge in [0, 0.05) is 12.6 Å². The zero-order valence-corrected chi connectivity index (χ0v) is 11.4. The number of carbonyl (C=O) groups is 1. The molecule has 20 heavy (non-hydrogen) atoms. The van der Waals surface area contributed by atoms with Crippen LogP contribution in [0.2, 0.25) is 0 Å². The van der Waals surface area contributed by atoms with Gasteiger partial charge in [0.1, 0.15) is 5.82 Å². The number of carbonyl (C=O) groups excluding carboxylic acids is 1. The highest BCUT2D eigenvalue weighted by Gasteiger charge is 2.35. The van der Waals surface area contributed by atoms with Crippen LogP contribution in [0.4, 0.5) is 0 Å². The van der Waals surface area contributed by atoms with E-state index in [1.165, 1.54) is 4.90 Å². The second kappa shape index (κ2) is 5.51. The molecule has 2 rings (SSSR count).